The number of sulfone groups is 1. The highest BCUT2D eigenvalue weighted by molar-refractivity contribution is 7.91. The number of benzene rings is 1. The van der Waals surface area contributed by atoms with Gasteiger partial charge < -0.3 is 20.4 Å². The fourth-order valence-electron chi connectivity index (χ4n) is 6.62. The van der Waals surface area contributed by atoms with E-state index in [9.17, 15) is 22.8 Å². The first-order valence-electron chi connectivity index (χ1n) is 17.4. The van der Waals surface area contributed by atoms with Crippen LogP contribution in [0, 0.1) is 13.8 Å². The minimum absolute atomic E-state index is 0.0758. The number of aromatic nitrogens is 1. The van der Waals surface area contributed by atoms with E-state index in [2.05, 4.69) is 29.1 Å². The SMILES string of the molecule is C=CC1=C(C)C(=O)N/C1=C\C1=NC(=C\c2[nH]c(/C=C3\NC(=O)C(CCS(=O)(=O)c4ccc(C)cc4)=C3C)c(C)c2CCC(=O)OC)/C(CCC)=C1C. The van der Waals surface area contributed by atoms with Gasteiger partial charge in [0.05, 0.1) is 34.9 Å². The fraction of sp³-hybridized carbons (Fsp3) is 0.317. The molecule has 3 aliphatic rings. The Kier molecular flexibility index (Phi) is 11.3. The molecule has 0 aliphatic carbocycles. The van der Waals surface area contributed by atoms with Crippen LogP contribution in [0.5, 0.6) is 0 Å². The minimum Gasteiger partial charge on any atom is -0.469 e. The third-order valence-corrected chi connectivity index (χ3v) is 11.6. The Morgan fingerprint density at radius 2 is 1.54 bits per heavy atom. The summed E-state index contributed by atoms with van der Waals surface area (Å²) < 4.78 is 31.0. The molecule has 3 N–H and O–H groups in total. The van der Waals surface area contributed by atoms with E-state index in [1.54, 1.807) is 37.3 Å². The molecule has 0 radical (unpaired) electrons. The number of nitrogens with one attached hydrogen (secondary N) is 3. The van der Waals surface area contributed by atoms with Crippen LogP contribution < -0.4 is 10.6 Å². The Bertz CT molecular complexity index is 2200. The summed E-state index contributed by atoms with van der Waals surface area (Å²) in [5, 5.41) is 5.84. The van der Waals surface area contributed by atoms with E-state index in [4.69, 9.17) is 9.73 Å². The zero-order chi connectivity index (χ0) is 37.9. The van der Waals surface area contributed by atoms with E-state index in [-0.39, 0.29) is 41.3 Å². The molecule has 0 spiro atoms. The summed E-state index contributed by atoms with van der Waals surface area (Å²) in [7, 11) is -2.22. The van der Waals surface area contributed by atoms with Gasteiger partial charge in [0, 0.05) is 40.2 Å². The van der Waals surface area contributed by atoms with Gasteiger partial charge in [0.25, 0.3) is 11.8 Å². The number of H-pyrrole nitrogens is 1. The van der Waals surface area contributed by atoms with Crippen molar-refractivity contribution in [1.82, 2.24) is 15.6 Å². The predicted octanol–water partition coefficient (Wildman–Crippen LogP) is 6.82. The Hall–Kier alpha value is -5.29. The third kappa shape index (κ3) is 7.79. The van der Waals surface area contributed by atoms with Crippen LogP contribution in [-0.4, -0.2) is 49.8 Å². The van der Waals surface area contributed by atoms with Gasteiger partial charge in [-0.1, -0.05) is 43.7 Å². The number of aryl methyl sites for hydroxylation is 1. The summed E-state index contributed by atoms with van der Waals surface area (Å²) >= 11 is 0. The number of amides is 2. The molecule has 0 atom stereocenters. The van der Waals surface area contributed by atoms with E-state index in [1.807, 2.05) is 45.9 Å². The molecule has 10 nitrogen and oxygen atoms in total. The molecule has 4 heterocycles. The van der Waals surface area contributed by atoms with E-state index in [1.165, 1.54) is 7.11 Å². The monoisotopic (exact) mass is 722 g/mol. The second-order valence-electron chi connectivity index (χ2n) is 13.3. The van der Waals surface area contributed by atoms with Gasteiger partial charge in [-0.25, -0.2) is 13.4 Å². The summed E-state index contributed by atoms with van der Waals surface area (Å²) in [5.74, 6) is -1.01. The Morgan fingerprint density at radius 1 is 0.846 bits per heavy atom. The number of hydrogen-bond acceptors (Lipinski definition) is 7. The van der Waals surface area contributed by atoms with Crippen molar-refractivity contribution in [2.24, 2.45) is 4.99 Å². The first-order valence-corrected chi connectivity index (χ1v) is 19.0. The molecule has 2 amide bonds. The summed E-state index contributed by atoms with van der Waals surface area (Å²) in [6.07, 6.45) is 9.73. The molecule has 0 saturated heterocycles. The third-order valence-electron chi connectivity index (χ3n) is 9.86. The molecule has 2 aromatic rings. The number of allylic oxidation sites excluding steroid dienone is 5. The van der Waals surface area contributed by atoms with Crippen molar-refractivity contribution in [1.29, 1.82) is 0 Å². The van der Waals surface area contributed by atoms with Crippen molar-refractivity contribution in [2.45, 2.75) is 78.5 Å². The Balaban J connectivity index is 1.52. The summed E-state index contributed by atoms with van der Waals surface area (Å²) in [6, 6.07) is 6.70. The second kappa shape index (κ2) is 15.5. The molecular weight excluding hydrogens is 677 g/mol. The smallest absolute Gasteiger partial charge is 0.305 e. The van der Waals surface area contributed by atoms with Gasteiger partial charge in [-0.05, 0) is 112 Å². The standard InChI is InChI=1S/C41H46N4O6S/c1-9-11-30-24(4)34(21-36-29(10-2)27(7)40(47)45-36)43-37(30)22-38-31(16-17-39(46)51-8)25(5)33(42-38)20-35-26(6)32(41(48)44-35)18-19-52(49,50)28-14-12-23(3)13-15-28/h10,12-15,20-22,42H,2,9,11,16-19H2,1,3-8H3,(H,44,48)(H,45,47)/b35-20-,36-21-,37-22-. The molecule has 52 heavy (non-hydrogen) atoms. The minimum atomic E-state index is -3.58. The van der Waals surface area contributed by atoms with E-state index >= 15 is 0 Å². The van der Waals surface area contributed by atoms with Crippen molar-refractivity contribution < 1.29 is 27.5 Å². The molecule has 0 unspecified atom stereocenters. The number of nitrogens with zero attached hydrogens (tertiary/aromatic N) is 1. The number of esters is 1. The van der Waals surface area contributed by atoms with Crippen molar-refractivity contribution >= 4 is 45.5 Å². The van der Waals surface area contributed by atoms with Gasteiger partial charge in [-0.3, -0.25) is 14.4 Å². The van der Waals surface area contributed by atoms with Crippen molar-refractivity contribution in [3.8, 4) is 0 Å². The molecule has 3 aliphatic heterocycles. The van der Waals surface area contributed by atoms with Crippen molar-refractivity contribution in [2.75, 3.05) is 12.9 Å². The first-order chi connectivity index (χ1) is 24.7. The van der Waals surface area contributed by atoms with Gasteiger partial charge in [-0.15, -0.1) is 0 Å². The van der Waals surface area contributed by atoms with Crippen LogP contribution in [-0.2, 0) is 35.4 Å². The molecule has 0 saturated carbocycles. The van der Waals surface area contributed by atoms with Gasteiger partial charge >= 0.3 is 5.97 Å². The maximum atomic E-state index is 13.1. The van der Waals surface area contributed by atoms with Crippen LogP contribution in [0.15, 0.2) is 103 Å². The zero-order valence-electron chi connectivity index (χ0n) is 30.9. The largest absolute Gasteiger partial charge is 0.469 e. The van der Waals surface area contributed by atoms with E-state index < -0.39 is 9.84 Å². The van der Waals surface area contributed by atoms with Crippen LogP contribution in [0.1, 0.15) is 81.5 Å². The molecule has 1 aromatic carbocycles. The van der Waals surface area contributed by atoms with Crippen LogP contribution in [0.3, 0.4) is 0 Å². The molecule has 5 rings (SSSR count). The molecule has 1 aromatic heterocycles. The van der Waals surface area contributed by atoms with Crippen LogP contribution in [0.4, 0.5) is 0 Å². The number of aromatic amines is 1. The highest BCUT2D eigenvalue weighted by Crippen LogP contribution is 2.35. The normalized spacial score (nSPS) is 18.7. The van der Waals surface area contributed by atoms with Gasteiger partial charge in [-0.2, -0.15) is 0 Å². The maximum absolute atomic E-state index is 13.1. The summed E-state index contributed by atoms with van der Waals surface area (Å²) in [4.78, 5) is 46.5. The van der Waals surface area contributed by atoms with Gasteiger partial charge in [0.15, 0.2) is 9.84 Å². The number of hydrogen-bond donors (Lipinski definition) is 3. The zero-order valence-corrected chi connectivity index (χ0v) is 31.7. The lowest BCUT2D eigenvalue weighted by atomic mass is 9.98. The molecule has 0 bridgehead atoms. The van der Waals surface area contributed by atoms with E-state index in [0.717, 1.165) is 69.0 Å². The van der Waals surface area contributed by atoms with Crippen molar-refractivity contribution in [3.63, 3.8) is 0 Å². The molecular formula is C41H46N4O6S. The van der Waals surface area contributed by atoms with Gasteiger partial charge in [0.2, 0.25) is 0 Å². The number of methoxy groups -OCH3 is 1. The van der Waals surface area contributed by atoms with E-state index in [0.29, 0.717) is 34.5 Å². The Labute approximate surface area is 305 Å². The highest BCUT2D eigenvalue weighted by Gasteiger charge is 2.28. The number of carbonyl (C=O) groups excluding carboxylic acids is 3. The lowest BCUT2D eigenvalue weighted by Gasteiger charge is -2.06. The first kappa shape index (κ1) is 38.0. The molecule has 11 heteroatoms. The number of aliphatic imine (C=N–C) groups is 1. The fourth-order valence-corrected chi connectivity index (χ4v) is 7.88. The lowest BCUT2D eigenvalue weighted by Crippen LogP contribution is -2.18. The van der Waals surface area contributed by atoms with Crippen molar-refractivity contribution in [3.05, 3.63) is 122 Å². The maximum Gasteiger partial charge on any atom is 0.305 e. The molecule has 0 fully saturated rings. The highest BCUT2D eigenvalue weighted by atomic mass is 32.2. The quantitative estimate of drug-likeness (QED) is 0.194. The number of carbonyl (C=O) groups is 3. The lowest BCUT2D eigenvalue weighted by molar-refractivity contribution is -0.140. The number of rotatable bonds is 13. The number of ether oxygens (including phenoxy) is 1. The topological polar surface area (TPSA) is 147 Å². The summed E-state index contributed by atoms with van der Waals surface area (Å²) in [6.45, 7) is 15.4. The second-order valence-corrected chi connectivity index (χ2v) is 15.4. The summed E-state index contributed by atoms with van der Waals surface area (Å²) in [5.41, 5.74) is 11.6. The predicted molar refractivity (Wildman–Crippen MR) is 205 cm³/mol. The average Bonchev–Trinajstić information content (AvgIpc) is 3.75. The molecule has 272 valence electrons. The van der Waals surface area contributed by atoms with Gasteiger partial charge in [0.1, 0.15) is 0 Å². The average molecular weight is 723 g/mol. The van der Waals surface area contributed by atoms with Crippen LogP contribution in [0.2, 0.25) is 0 Å². The van der Waals surface area contributed by atoms with Crippen LogP contribution in [0.25, 0.3) is 12.2 Å². The Morgan fingerprint density at radius 3 is 2.19 bits per heavy atom. The van der Waals surface area contributed by atoms with Crippen LogP contribution >= 0.6 is 0 Å².